The Morgan fingerprint density at radius 1 is 1.00 bits per heavy atom. The summed E-state index contributed by atoms with van der Waals surface area (Å²) in [6, 6.07) is 21.6. The van der Waals surface area contributed by atoms with E-state index >= 15 is 0 Å². The summed E-state index contributed by atoms with van der Waals surface area (Å²) < 4.78 is 11.4. The maximum absolute atomic E-state index is 12.4. The number of para-hydroxylation sites is 1. The van der Waals surface area contributed by atoms with E-state index in [4.69, 9.17) is 9.47 Å². The van der Waals surface area contributed by atoms with E-state index in [9.17, 15) is 4.79 Å². The number of rotatable bonds is 7. The van der Waals surface area contributed by atoms with Crippen molar-refractivity contribution in [2.45, 2.75) is 26.5 Å². The highest BCUT2D eigenvalue weighted by atomic mass is 16.5. The molecule has 3 aromatic carbocycles. The topological polar surface area (TPSA) is 47.6 Å². The molecule has 0 aliphatic heterocycles. The van der Waals surface area contributed by atoms with Gasteiger partial charge >= 0.3 is 0 Å². The van der Waals surface area contributed by atoms with Crippen LogP contribution < -0.4 is 14.8 Å². The second kappa shape index (κ2) is 8.39. The molecule has 0 aliphatic carbocycles. The minimum absolute atomic E-state index is 0.163. The highest BCUT2D eigenvalue weighted by Crippen LogP contribution is 2.22. The third-order valence-corrected chi connectivity index (χ3v) is 4.13. The van der Waals surface area contributed by atoms with Gasteiger partial charge in [0.1, 0.15) is 11.5 Å². The summed E-state index contributed by atoms with van der Waals surface area (Å²) in [6.45, 7) is 4.68. The fraction of sp³-hybridized carbons (Fsp3) is 0.227. The molecular formula is C22H23NO3. The maximum atomic E-state index is 12.4. The van der Waals surface area contributed by atoms with Gasteiger partial charge in [-0.25, -0.2) is 0 Å². The van der Waals surface area contributed by atoms with Crippen molar-refractivity contribution in [1.82, 2.24) is 5.32 Å². The number of hydrogen-bond acceptors (Lipinski definition) is 3. The SMILES string of the molecule is CCOc1ccccc1CNC(=O)C(C)Oc1ccc2ccccc2c1. The van der Waals surface area contributed by atoms with E-state index in [0.717, 1.165) is 22.1 Å². The largest absolute Gasteiger partial charge is 0.494 e. The summed E-state index contributed by atoms with van der Waals surface area (Å²) >= 11 is 0. The Labute approximate surface area is 153 Å². The van der Waals surface area contributed by atoms with Crippen LogP contribution in [0, 0.1) is 0 Å². The molecule has 0 fully saturated rings. The summed E-state index contributed by atoms with van der Waals surface area (Å²) in [5, 5.41) is 5.14. The summed E-state index contributed by atoms with van der Waals surface area (Å²) in [5.74, 6) is 1.31. The summed E-state index contributed by atoms with van der Waals surface area (Å²) in [6.07, 6.45) is -0.588. The van der Waals surface area contributed by atoms with E-state index in [1.165, 1.54) is 0 Å². The van der Waals surface area contributed by atoms with Crippen molar-refractivity contribution in [3.63, 3.8) is 0 Å². The molecule has 26 heavy (non-hydrogen) atoms. The summed E-state index contributed by atoms with van der Waals surface area (Å²) in [7, 11) is 0. The first-order chi connectivity index (χ1) is 12.7. The van der Waals surface area contributed by atoms with Gasteiger partial charge in [-0.3, -0.25) is 4.79 Å². The van der Waals surface area contributed by atoms with Crippen LogP contribution in [0.5, 0.6) is 11.5 Å². The molecule has 0 saturated heterocycles. The Kier molecular flexibility index (Phi) is 5.74. The van der Waals surface area contributed by atoms with Gasteiger partial charge in [0, 0.05) is 12.1 Å². The highest BCUT2D eigenvalue weighted by Gasteiger charge is 2.15. The molecule has 0 spiro atoms. The van der Waals surface area contributed by atoms with Crippen LogP contribution in [-0.4, -0.2) is 18.6 Å². The van der Waals surface area contributed by atoms with Crippen molar-refractivity contribution >= 4 is 16.7 Å². The number of nitrogens with one attached hydrogen (secondary N) is 1. The van der Waals surface area contributed by atoms with E-state index in [0.29, 0.717) is 18.9 Å². The van der Waals surface area contributed by atoms with Gasteiger partial charge in [-0.15, -0.1) is 0 Å². The Hall–Kier alpha value is -3.01. The first-order valence-corrected chi connectivity index (χ1v) is 8.81. The van der Waals surface area contributed by atoms with E-state index in [1.54, 1.807) is 6.92 Å². The molecular weight excluding hydrogens is 326 g/mol. The lowest BCUT2D eigenvalue weighted by Gasteiger charge is -2.16. The molecule has 4 heteroatoms. The quantitative estimate of drug-likeness (QED) is 0.691. The fourth-order valence-corrected chi connectivity index (χ4v) is 2.77. The lowest BCUT2D eigenvalue weighted by molar-refractivity contribution is -0.127. The molecule has 0 saturated carbocycles. The minimum atomic E-state index is -0.588. The zero-order chi connectivity index (χ0) is 18.4. The molecule has 0 aromatic heterocycles. The molecule has 0 heterocycles. The van der Waals surface area contributed by atoms with Crippen molar-refractivity contribution in [1.29, 1.82) is 0 Å². The van der Waals surface area contributed by atoms with Gasteiger partial charge in [-0.05, 0) is 42.8 Å². The maximum Gasteiger partial charge on any atom is 0.261 e. The molecule has 1 amide bonds. The number of carbonyl (C=O) groups excluding carboxylic acids is 1. The number of amides is 1. The summed E-state index contributed by atoms with van der Waals surface area (Å²) in [5.41, 5.74) is 0.945. The lowest BCUT2D eigenvalue weighted by atomic mass is 10.1. The van der Waals surface area contributed by atoms with Crippen LogP contribution in [0.25, 0.3) is 10.8 Å². The normalized spacial score (nSPS) is 11.8. The molecule has 0 bridgehead atoms. The first-order valence-electron chi connectivity index (χ1n) is 8.81. The van der Waals surface area contributed by atoms with Gasteiger partial charge in [0.05, 0.1) is 6.61 Å². The zero-order valence-corrected chi connectivity index (χ0v) is 15.1. The molecule has 0 aliphatic rings. The Morgan fingerprint density at radius 2 is 1.73 bits per heavy atom. The predicted molar refractivity (Wildman–Crippen MR) is 103 cm³/mol. The van der Waals surface area contributed by atoms with E-state index in [2.05, 4.69) is 5.32 Å². The van der Waals surface area contributed by atoms with Gasteiger partial charge in [0.25, 0.3) is 5.91 Å². The van der Waals surface area contributed by atoms with Gasteiger partial charge in [-0.1, -0.05) is 48.5 Å². The van der Waals surface area contributed by atoms with Crippen molar-refractivity contribution < 1.29 is 14.3 Å². The summed E-state index contributed by atoms with van der Waals surface area (Å²) in [4.78, 5) is 12.4. The van der Waals surface area contributed by atoms with E-state index < -0.39 is 6.10 Å². The van der Waals surface area contributed by atoms with Crippen LogP contribution in [0.2, 0.25) is 0 Å². The minimum Gasteiger partial charge on any atom is -0.494 e. The van der Waals surface area contributed by atoms with Gasteiger partial charge < -0.3 is 14.8 Å². The second-order valence-electron chi connectivity index (χ2n) is 6.03. The average molecular weight is 349 g/mol. The first kappa shape index (κ1) is 17.8. The lowest BCUT2D eigenvalue weighted by Crippen LogP contribution is -2.36. The van der Waals surface area contributed by atoms with Crippen LogP contribution in [0.4, 0.5) is 0 Å². The molecule has 134 valence electrons. The zero-order valence-electron chi connectivity index (χ0n) is 15.1. The third-order valence-electron chi connectivity index (χ3n) is 4.13. The van der Waals surface area contributed by atoms with Crippen molar-refractivity contribution in [2.75, 3.05) is 6.61 Å². The molecule has 0 radical (unpaired) electrons. The Morgan fingerprint density at radius 3 is 2.54 bits per heavy atom. The average Bonchev–Trinajstić information content (AvgIpc) is 2.67. The number of carbonyl (C=O) groups is 1. The van der Waals surface area contributed by atoms with Gasteiger partial charge in [-0.2, -0.15) is 0 Å². The fourth-order valence-electron chi connectivity index (χ4n) is 2.77. The molecule has 1 atom stereocenters. The van der Waals surface area contributed by atoms with Crippen LogP contribution in [0.1, 0.15) is 19.4 Å². The molecule has 3 aromatic rings. The molecule has 3 rings (SSSR count). The van der Waals surface area contributed by atoms with E-state index in [1.807, 2.05) is 73.7 Å². The third kappa shape index (κ3) is 4.33. The van der Waals surface area contributed by atoms with Gasteiger partial charge in [0.2, 0.25) is 0 Å². The van der Waals surface area contributed by atoms with Crippen LogP contribution in [-0.2, 0) is 11.3 Å². The number of benzene rings is 3. The van der Waals surface area contributed by atoms with Crippen LogP contribution >= 0.6 is 0 Å². The smallest absolute Gasteiger partial charge is 0.261 e. The standard InChI is InChI=1S/C22H23NO3/c1-3-25-21-11-7-6-10-19(21)15-23-22(24)16(2)26-20-13-12-17-8-4-5-9-18(17)14-20/h4-14,16H,3,15H2,1-2H3,(H,23,24). The van der Waals surface area contributed by atoms with E-state index in [-0.39, 0.29) is 5.91 Å². The second-order valence-corrected chi connectivity index (χ2v) is 6.03. The number of ether oxygens (including phenoxy) is 2. The Bertz CT molecular complexity index is 891. The monoisotopic (exact) mass is 349 g/mol. The molecule has 1 N–H and O–H groups in total. The molecule has 4 nitrogen and oxygen atoms in total. The van der Waals surface area contributed by atoms with Crippen LogP contribution in [0.3, 0.4) is 0 Å². The number of fused-ring (bicyclic) bond motifs is 1. The van der Waals surface area contributed by atoms with Crippen LogP contribution in [0.15, 0.2) is 66.7 Å². The van der Waals surface area contributed by atoms with Crippen molar-refractivity contribution in [3.8, 4) is 11.5 Å². The molecule has 1 unspecified atom stereocenters. The van der Waals surface area contributed by atoms with Gasteiger partial charge in [0.15, 0.2) is 6.10 Å². The highest BCUT2D eigenvalue weighted by molar-refractivity contribution is 5.84. The predicted octanol–water partition coefficient (Wildman–Crippen LogP) is 4.32. The van der Waals surface area contributed by atoms with Crippen molar-refractivity contribution in [2.24, 2.45) is 0 Å². The number of hydrogen-bond donors (Lipinski definition) is 1. The Balaban J connectivity index is 1.60. The van der Waals surface area contributed by atoms with Crippen molar-refractivity contribution in [3.05, 3.63) is 72.3 Å².